The highest BCUT2D eigenvalue weighted by atomic mass is 19.3. The molecule has 4 N–H and O–H groups in total. The minimum atomic E-state index is -2.67. The summed E-state index contributed by atoms with van der Waals surface area (Å²) in [4.78, 5) is 18.3. The molecule has 3 rings (SSSR count). The zero-order valence-corrected chi connectivity index (χ0v) is 13.1. The van der Waals surface area contributed by atoms with Crippen LogP contribution in [0.25, 0.3) is 11.0 Å². The summed E-state index contributed by atoms with van der Waals surface area (Å²) in [5.41, 5.74) is 0.455. The maximum atomic E-state index is 12.6. The molecule has 130 valence electrons. The van der Waals surface area contributed by atoms with Crippen LogP contribution < -0.4 is 10.6 Å². The molecule has 0 spiro atoms. The molecule has 2 amide bonds. The predicted octanol–water partition coefficient (Wildman–Crippen LogP) is 3.32. The molecular weight excluding hydrogens is 318 g/mol. The first-order valence-corrected chi connectivity index (χ1v) is 8.00. The summed E-state index contributed by atoms with van der Waals surface area (Å²) in [6.07, 6.45) is 1.73. The molecule has 1 heterocycles. The van der Waals surface area contributed by atoms with E-state index in [4.69, 9.17) is 0 Å². The van der Waals surface area contributed by atoms with E-state index in [1.54, 1.807) is 18.2 Å². The van der Waals surface area contributed by atoms with E-state index in [2.05, 4.69) is 20.6 Å². The van der Waals surface area contributed by atoms with E-state index in [9.17, 15) is 18.7 Å². The number of hydrogen-bond donors (Lipinski definition) is 4. The highest BCUT2D eigenvalue weighted by molar-refractivity contribution is 5.91. The zero-order chi connectivity index (χ0) is 17.2. The molecule has 1 aromatic carbocycles. The van der Waals surface area contributed by atoms with Gasteiger partial charge in [0, 0.05) is 12.2 Å². The SMILES string of the molecule is O=C(NCC1(O)CCCCC1)Nc1ccc2nc(C(F)F)[nH]c2c1. The van der Waals surface area contributed by atoms with Crippen LogP contribution in [0.5, 0.6) is 0 Å². The fraction of sp³-hybridized carbons (Fsp3) is 0.500. The largest absolute Gasteiger partial charge is 0.388 e. The Kier molecular flexibility index (Phi) is 4.66. The van der Waals surface area contributed by atoms with Gasteiger partial charge in [0.1, 0.15) is 0 Å². The van der Waals surface area contributed by atoms with Crippen molar-refractivity contribution in [3.63, 3.8) is 0 Å². The van der Waals surface area contributed by atoms with E-state index in [1.807, 2.05) is 0 Å². The number of nitrogens with zero attached hydrogens (tertiary/aromatic N) is 1. The number of benzene rings is 1. The fourth-order valence-corrected chi connectivity index (χ4v) is 3.02. The molecule has 6 nitrogen and oxygen atoms in total. The zero-order valence-electron chi connectivity index (χ0n) is 13.1. The third kappa shape index (κ3) is 3.81. The second kappa shape index (κ2) is 6.72. The lowest BCUT2D eigenvalue weighted by Gasteiger charge is -2.32. The van der Waals surface area contributed by atoms with E-state index in [-0.39, 0.29) is 6.54 Å². The quantitative estimate of drug-likeness (QED) is 0.689. The van der Waals surface area contributed by atoms with Gasteiger partial charge in [-0.2, -0.15) is 0 Å². The Labute approximate surface area is 137 Å². The first kappa shape index (κ1) is 16.6. The van der Waals surface area contributed by atoms with Gasteiger partial charge in [-0.3, -0.25) is 0 Å². The van der Waals surface area contributed by atoms with Crippen LogP contribution in [0, 0.1) is 0 Å². The third-order valence-corrected chi connectivity index (χ3v) is 4.33. The number of halogens is 2. The highest BCUT2D eigenvalue weighted by Crippen LogP contribution is 2.27. The molecule has 1 fully saturated rings. The number of aromatic nitrogens is 2. The summed E-state index contributed by atoms with van der Waals surface area (Å²) < 4.78 is 25.3. The summed E-state index contributed by atoms with van der Waals surface area (Å²) in [5, 5.41) is 15.7. The van der Waals surface area contributed by atoms with Crippen molar-refractivity contribution in [2.75, 3.05) is 11.9 Å². The van der Waals surface area contributed by atoms with Gasteiger partial charge >= 0.3 is 6.03 Å². The molecule has 24 heavy (non-hydrogen) atoms. The Morgan fingerprint density at radius 2 is 2.08 bits per heavy atom. The number of alkyl halides is 2. The van der Waals surface area contributed by atoms with Gasteiger partial charge in [0.2, 0.25) is 0 Å². The number of fused-ring (bicyclic) bond motifs is 1. The predicted molar refractivity (Wildman–Crippen MR) is 86.1 cm³/mol. The van der Waals surface area contributed by atoms with Crippen molar-refractivity contribution in [1.29, 1.82) is 0 Å². The van der Waals surface area contributed by atoms with Crippen LogP contribution in [0.3, 0.4) is 0 Å². The third-order valence-electron chi connectivity index (χ3n) is 4.33. The van der Waals surface area contributed by atoms with Crippen LogP contribution >= 0.6 is 0 Å². The molecule has 0 unspecified atom stereocenters. The average molecular weight is 338 g/mol. The number of urea groups is 1. The van der Waals surface area contributed by atoms with Crippen LogP contribution in [0.1, 0.15) is 44.4 Å². The van der Waals surface area contributed by atoms with Gasteiger partial charge in [0.05, 0.1) is 16.6 Å². The van der Waals surface area contributed by atoms with E-state index in [0.29, 0.717) is 29.6 Å². The number of hydrogen-bond acceptors (Lipinski definition) is 3. The second-order valence-electron chi connectivity index (χ2n) is 6.25. The van der Waals surface area contributed by atoms with Gasteiger partial charge in [0.15, 0.2) is 5.82 Å². The van der Waals surface area contributed by atoms with Crippen LogP contribution in [0.2, 0.25) is 0 Å². The maximum absolute atomic E-state index is 12.6. The number of aliphatic hydroxyl groups is 1. The smallest absolute Gasteiger partial charge is 0.319 e. The molecule has 1 saturated carbocycles. The minimum absolute atomic E-state index is 0.195. The molecule has 0 bridgehead atoms. The number of nitrogens with one attached hydrogen (secondary N) is 3. The monoisotopic (exact) mass is 338 g/mol. The summed E-state index contributed by atoms with van der Waals surface area (Å²) in [6.45, 7) is 0.195. The van der Waals surface area contributed by atoms with Gasteiger partial charge in [-0.1, -0.05) is 19.3 Å². The van der Waals surface area contributed by atoms with Crippen LogP contribution in [-0.4, -0.2) is 33.3 Å². The Morgan fingerprint density at radius 1 is 1.33 bits per heavy atom. The molecular formula is C16H20F2N4O2. The Morgan fingerprint density at radius 3 is 2.79 bits per heavy atom. The first-order valence-electron chi connectivity index (χ1n) is 8.00. The molecule has 8 heteroatoms. The van der Waals surface area contributed by atoms with E-state index in [1.165, 1.54) is 0 Å². The molecule has 2 aromatic rings. The van der Waals surface area contributed by atoms with Gasteiger partial charge in [0.25, 0.3) is 6.43 Å². The van der Waals surface area contributed by atoms with Crippen molar-refractivity contribution < 1.29 is 18.7 Å². The number of imidazole rings is 1. The highest BCUT2D eigenvalue weighted by Gasteiger charge is 2.29. The number of carbonyl (C=O) groups is 1. The van der Waals surface area contributed by atoms with Crippen LogP contribution in [0.15, 0.2) is 18.2 Å². The topological polar surface area (TPSA) is 90.0 Å². The van der Waals surface area contributed by atoms with Gasteiger partial charge in [-0.25, -0.2) is 18.6 Å². The van der Waals surface area contributed by atoms with Gasteiger partial charge in [-0.15, -0.1) is 0 Å². The van der Waals surface area contributed by atoms with Crippen LogP contribution in [0.4, 0.5) is 19.3 Å². The van der Waals surface area contributed by atoms with Crippen molar-refractivity contribution in [2.45, 2.75) is 44.1 Å². The molecule has 0 aliphatic heterocycles. The second-order valence-corrected chi connectivity index (χ2v) is 6.25. The number of aromatic amines is 1. The fourth-order valence-electron chi connectivity index (χ4n) is 3.02. The standard InChI is InChI=1S/C16H20F2N4O2/c17-13(18)14-21-11-5-4-10(8-12(11)22-14)20-15(23)19-9-16(24)6-2-1-3-7-16/h4-5,8,13,24H,1-3,6-7,9H2,(H,21,22)(H2,19,20,23). The maximum Gasteiger partial charge on any atom is 0.319 e. The molecule has 1 aliphatic rings. The number of amides is 2. The average Bonchev–Trinajstić information content (AvgIpc) is 2.97. The lowest BCUT2D eigenvalue weighted by Crippen LogP contribution is -2.45. The normalized spacial score (nSPS) is 17.2. The van der Waals surface area contributed by atoms with Gasteiger partial charge < -0.3 is 20.7 Å². The van der Waals surface area contributed by atoms with Crippen molar-refractivity contribution in [3.8, 4) is 0 Å². The van der Waals surface area contributed by atoms with Crippen molar-refractivity contribution in [3.05, 3.63) is 24.0 Å². The molecule has 0 saturated heterocycles. The van der Waals surface area contributed by atoms with Crippen molar-refractivity contribution in [1.82, 2.24) is 15.3 Å². The van der Waals surface area contributed by atoms with E-state index in [0.717, 1.165) is 19.3 Å². The number of H-pyrrole nitrogens is 1. The Balaban J connectivity index is 1.60. The van der Waals surface area contributed by atoms with Crippen LogP contribution in [-0.2, 0) is 0 Å². The molecule has 0 atom stereocenters. The Bertz CT molecular complexity index is 726. The first-order chi connectivity index (χ1) is 11.5. The molecule has 1 aromatic heterocycles. The summed E-state index contributed by atoms with van der Waals surface area (Å²) in [5.74, 6) is -0.397. The summed E-state index contributed by atoms with van der Waals surface area (Å²) in [7, 11) is 0. The Hall–Kier alpha value is -2.22. The van der Waals surface area contributed by atoms with E-state index < -0.39 is 23.9 Å². The number of carbonyl (C=O) groups excluding carboxylic acids is 1. The summed E-state index contributed by atoms with van der Waals surface area (Å²) >= 11 is 0. The number of anilines is 1. The van der Waals surface area contributed by atoms with Gasteiger partial charge in [-0.05, 0) is 31.0 Å². The molecule has 0 radical (unpaired) electrons. The molecule has 1 aliphatic carbocycles. The van der Waals surface area contributed by atoms with E-state index >= 15 is 0 Å². The number of rotatable bonds is 4. The lowest BCUT2D eigenvalue weighted by atomic mass is 9.85. The summed E-state index contributed by atoms with van der Waals surface area (Å²) in [6, 6.07) is 4.25. The minimum Gasteiger partial charge on any atom is -0.388 e. The van der Waals surface area contributed by atoms with Crippen molar-refractivity contribution >= 4 is 22.8 Å². The lowest BCUT2D eigenvalue weighted by molar-refractivity contribution is 0.00755. The van der Waals surface area contributed by atoms with Crippen molar-refractivity contribution in [2.24, 2.45) is 0 Å².